The number of hydrogen-bond acceptors (Lipinski definition) is 2. The van der Waals surface area contributed by atoms with Crippen LogP contribution in [0.15, 0.2) is 36.4 Å². The van der Waals surface area contributed by atoms with Crippen molar-refractivity contribution >= 4 is 10.8 Å². The number of aliphatic hydroxyl groups is 1. The SMILES string of the molecule is CC(C)Oc1ccc2c(C(C)(O)C(F)(F)F)cccc2c1. The molecule has 0 aliphatic rings. The Morgan fingerprint density at radius 3 is 2.33 bits per heavy atom. The van der Waals surface area contributed by atoms with Crippen molar-refractivity contribution in [3.8, 4) is 5.75 Å². The average Bonchev–Trinajstić information content (AvgIpc) is 2.35. The van der Waals surface area contributed by atoms with Gasteiger partial charge in [-0.2, -0.15) is 13.2 Å². The quantitative estimate of drug-likeness (QED) is 0.910. The smallest absolute Gasteiger partial charge is 0.421 e. The van der Waals surface area contributed by atoms with Crippen LogP contribution in [0, 0.1) is 0 Å². The number of rotatable bonds is 3. The van der Waals surface area contributed by atoms with Crippen molar-refractivity contribution in [3.63, 3.8) is 0 Å². The second-order valence-corrected chi connectivity index (χ2v) is 5.43. The summed E-state index contributed by atoms with van der Waals surface area (Å²) in [5.41, 5.74) is -3.06. The van der Waals surface area contributed by atoms with Gasteiger partial charge < -0.3 is 9.84 Å². The molecular formula is C16H17F3O2. The van der Waals surface area contributed by atoms with Gasteiger partial charge in [0.2, 0.25) is 0 Å². The zero-order chi connectivity index (χ0) is 15.8. The van der Waals surface area contributed by atoms with Crippen LogP contribution < -0.4 is 4.74 Å². The second-order valence-electron chi connectivity index (χ2n) is 5.43. The minimum Gasteiger partial charge on any atom is -0.491 e. The summed E-state index contributed by atoms with van der Waals surface area (Å²) in [4.78, 5) is 0. The number of benzene rings is 2. The van der Waals surface area contributed by atoms with Crippen LogP contribution in [0.2, 0.25) is 0 Å². The fraction of sp³-hybridized carbons (Fsp3) is 0.375. The predicted molar refractivity (Wildman–Crippen MR) is 75.3 cm³/mol. The highest BCUT2D eigenvalue weighted by Gasteiger charge is 2.51. The van der Waals surface area contributed by atoms with Crippen molar-refractivity contribution in [1.82, 2.24) is 0 Å². The van der Waals surface area contributed by atoms with Gasteiger partial charge in [-0.1, -0.05) is 24.3 Å². The zero-order valence-corrected chi connectivity index (χ0v) is 12.0. The molecule has 1 N–H and O–H groups in total. The number of ether oxygens (including phenoxy) is 1. The highest BCUT2D eigenvalue weighted by Crippen LogP contribution is 2.41. The Morgan fingerprint density at radius 2 is 1.76 bits per heavy atom. The molecule has 2 nitrogen and oxygen atoms in total. The molecule has 21 heavy (non-hydrogen) atoms. The van der Waals surface area contributed by atoms with Gasteiger partial charge in [-0.25, -0.2) is 0 Å². The molecule has 0 radical (unpaired) electrons. The predicted octanol–water partition coefficient (Wildman–Crippen LogP) is 4.40. The molecule has 0 aliphatic carbocycles. The van der Waals surface area contributed by atoms with E-state index in [0.717, 1.165) is 6.92 Å². The van der Waals surface area contributed by atoms with E-state index < -0.39 is 11.8 Å². The number of hydrogen-bond donors (Lipinski definition) is 1. The van der Waals surface area contributed by atoms with Gasteiger partial charge in [0.1, 0.15) is 5.75 Å². The third-order valence-electron chi connectivity index (χ3n) is 3.30. The fourth-order valence-corrected chi connectivity index (χ4v) is 2.18. The summed E-state index contributed by atoms with van der Waals surface area (Å²) in [7, 11) is 0. The summed E-state index contributed by atoms with van der Waals surface area (Å²) >= 11 is 0. The van der Waals surface area contributed by atoms with E-state index in [1.807, 2.05) is 13.8 Å². The fourth-order valence-electron chi connectivity index (χ4n) is 2.18. The van der Waals surface area contributed by atoms with E-state index in [1.54, 1.807) is 24.3 Å². The topological polar surface area (TPSA) is 29.5 Å². The van der Waals surface area contributed by atoms with Crippen LogP contribution >= 0.6 is 0 Å². The van der Waals surface area contributed by atoms with Crippen LogP contribution in [0.4, 0.5) is 13.2 Å². The Kier molecular flexibility index (Phi) is 3.89. The molecular weight excluding hydrogens is 281 g/mol. The van der Waals surface area contributed by atoms with Crippen molar-refractivity contribution in [2.45, 2.75) is 38.7 Å². The largest absolute Gasteiger partial charge is 0.491 e. The van der Waals surface area contributed by atoms with Gasteiger partial charge in [0.05, 0.1) is 6.10 Å². The molecule has 1 atom stereocenters. The van der Waals surface area contributed by atoms with Crippen molar-refractivity contribution in [1.29, 1.82) is 0 Å². The summed E-state index contributed by atoms with van der Waals surface area (Å²) in [6.07, 6.45) is -4.77. The molecule has 2 aromatic rings. The first-order valence-corrected chi connectivity index (χ1v) is 6.62. The van der Waals surface area contributed by atoms with Gasteiger partial charge in [0.15, 0.2) is 5.60 Å². The molecule has 0 fully saturated rings. The van der Waals surface area contributed by atoms with E-state index in [9.17, 15) is 18.3 Å². The van der Waals surface area contributed by atoms with Crippen LogP contribution in [-0.4, -0.2) is 17.4 Å². The summed E-state index contributed by atoms with van der Waals surface area (Å²) < 4.78 is 44.6. The zero-order valence-electron chi connectivity index (χ0n) is 12.0. The third kappa shape index (κ3) is 2.97. The lowest BCUT2D eigenvalue weighted by atomic mass is 9.90. The van der Waals surface area contributed by atoms with Crippen LogP contribution in [0.5, 0.6) is 5.75 Å². The van der Waals surface area contributed by atoms with E-state index in [-0.39, 0.29) is 11.7 Å². The highest BCUT2D eigenvalue weighted by atomic mass is 19.4. The summed E-state index contributed by atoms with van der Waals surface area (Å²) in [6.45, 7) is 4.50. The molecule has 2 aromatic carbocycles. The third-order valence-corrected chi connectivity index (χ3v) is 3.30. The molecule has 114 valence electrons. The lowest BCUT2D eigenvalue weighted by molar-refractivity contribution is -0.258. The van der Waals surface area contributed by atoms with E-state index in [0.29, 0.717) is 16.5 Å². The van der Waals surface area contributed by atoms with Crippen LogP contribution in [0.25, 0.3) is 10.8 Å². The van der Waals surface area contributed by atoms with E-state index in [1.165, 1.54) is 12.1 Å². The maximum atomic E-state index is 13.0. The van der Waals surface area contributed by atoms with E-state index in [2.05, 4.69) is 0 Å². The van der Waals surface area contributed by atoms with Crippen molar-refractivity contribution in [2.24, 2.45) is 0 Å². The molecule has 0 bridgehead atoms. The average molecular weight is 298 g/mol. The number of alkyl halides is 3. The van der Waals surface area contributed by atoms with Gasteiger partial charge in [0.25, 0.3) is 0 Å². The Bertz CT molecular complexity index is 646. The van der Waals surface area contributed by atoms with Gasteiger partial charge in [0, 0.05) is 5.56 Å². The monoisotopic (exact) mass is 298 g/mol. The molecule has 0 aliphatic heterocycles. The molecule has 1 unspecified atom stereocenters. The first kappa shape index (κ1) is 15.6. The molecule has 0 aromatic heterocycles. The van der Waals surface area contributed by atoms with Crippen molar-refractivity contribution in [3.05, 3.63) is 42.0 Å². The minimum absolute atomic E-state index is 0.0242. The molecule has 0 heterocycles. The lowest BCUT2D eigenvalue weighted by Crippen LogP contribution is -2.39. The Morgan fingerprint density at radius 1 is 1.10 bits per heavy atom. The summed E-state index contributed by atoms with van der Waals surface area (Å²) in [6, 6.07) is 9.31. The van der Waals surface area contributed by atoms with Gasteiger partial charge in [-0.15, -0.1) is 0 Å². The maximum absolute atomic E-state index is 13.0. The van der Waals surface area contributed by atoms with Crippen LogP contribution in [0.3, 0.4) is 0 Å². The normalized spacial score (nSPS) is 15.2. The standard InChI is InChI=1S/C16H17F3O2/c1-10(2)21-12-7-8-13-11(9-12)5-4-6-14(13)15(3,20)16(17,18)19/h4-10,20H,1-3H3. The summed E-state index contributed by atoms with van der Waals surface area (Å²) in [5.74, 6) is 0.585. The highest BCUT2D eigenvalue weighted by molar-refractivity contribution is 5.87. The van der Waals surface area contributed by atoms with Crippen LogP contribution in [0.1, 0.15) is 26.3 Å². The lowest BCUT2D eigenvalue weighted by Gasteiger charge is -2.28. The Labute approximate surface area is 121 Å². The molecule has 0 amide bonds. The van der Waals surface area contributed by atoms with Gasteiger partial charge >= 0.3 is 6.18 Å². The van der Waals surface area contributed by atoms with E-state index >= 15 is 0 Å². The minimum atomic E-state index is -4.74. The maximum Gasteiger partial charge on any atom is 0.421 e. The van der Waals surface area contributed by atoms with E-state index in [4.69, 9.17) is 4.74 Å². The van der Waals surface area contributed by atoms with Crippen molar-refractivity contribution in [2.75, 3.05) is 0 Å². The second kappa shape index (κ2) is 5.22. The first-order valence-electron chi connectivity index (χ1n) is 6.62. The molecule has 5 heteroatoms. The number of fused-ring (bicyclic) bond motifs is 1. The summed E-state index contributed by atoms with van der Waals surface area (Å²) in [5, 5.41) is 10.8. The van der Waals surface area contributed by atoms with Crippen LogP contribution in [-0.2, 0) is 5.60 Å². The van der Waals surface area contributed by atoms with Crippen molar-refractivity contribution < 1.29 is 23.0 Å². The first-order chi connectivity index (χ1) is 9.63. The van der Waals surface area contributed by atoms with Gasteiger partial charge in [-0.3, -0.25) is 0 Å². The molecule has 0 saturated carbocycles. The number of halogens is 3. The molecule has 0 saturated heterocycles. The molecule has 0 spiro atoms. The molecule has 2 rings (SSSR count). The Hall–Kier alpha value is -1.75. The van der Waals surface area contributed by atoms with Gasteiger partial charge in [-0.05, 0) is 43.7 Å². The Balaban J connectivity index is 2.57.